The lowest BCUT2D eigenvalue weighted by atomic mass is 10.2. The second kappa shape index (κ2) is 4.45. The molecule has 1 saturated carbocycles. The lowest BCUT2D eigenvalue weighted by Crippen LogP contribution is -2.21. The molecule has 0 aliphatic heterocycles. The van der Waals surface area contributed by atoms with E-state index in [1.165, 1.54) is 12.8 Å². The molecular formula is C10H17BrO2. The van der Waals surface area contributed by atoms with Crippen LogP contribution in [-0.4, -0.2) is 16.9 Å². The van der Waals surface area contributed by atoms with Crippen LogP contribution in [0, 0.1) is 5.92 Å². The molecule has 0 amide bonds. The van der Waals surface area contributed by atoms with Crippen LogP contribution in [0.5, 0.6) is 0 Å². The minimum Gasteiger partial charge on any atom is -0.464 e. The first-order valence-corrected chi connectivity index (χ1v) is 5.61. The summed E-state index contributed by atoms with van der Waals surface area (Å²) in [4.78, 5) is 11.2. The molecule has 1 aliphatic carbocycles. The molecule has 0 aromatic carbocycles. The zero-order valence-corrected chi connectivity index (χ0v) is 9.89. The van der Waals surface area contributed by atoms with Gasteiger partial charge in [-0.2, -0.15) is 0 Å². The first-order valence-electron chi connectivity index (χ1n) is 4.82. The van der Waals surface area contributed by atoms with Crippen LogP contribution in [0.25, 0.3) is 0 Å². The first kappa shape index (κ1) is 11.0. The average molecular weight is 249 g/mol. The van der Waals surface area contributed by atoms with Gasteiger partial charge in [-0.05, 0) is 26.2 Å². The summed E-state index contributed by atoms with van der Waals surface area (Å²) in [6.45, 7) is 4.43. The van der Waals surface area contributed by atoms with E-state index in [9.17, 15) is 4.79 Å². The maximum atomic E-state index is 11.2. The number of hydrogen-bond donors (Lipinski definition) is 0. The SMILES string of the molecule is CC(C)(Br)COC(=O)CCC1CC1. The molecular weight excluding hydrogens is 232 g/mol. The topological polar surface area (TPSA) is 26.3 Å². The van der Waals surface area contributed by atoms with Gasteiger partial charge in [0.1, 0.15) is 6.61 Å². The van der Waals surface area contributed by atoms with E-state index in [-0.39, 0.29) is 10.3 Å². The molecule has 0 unspecified atom stereocenters. The van der Waals surface area contributed by atoms with Gasteiger partial charge in [0.15, 0.2) is 0 Å². The van der Waals surface area contributed by atoms with Gasteiger partial charge in [0.05, 0.1) is 4.32 Å². The zero-order valence-electron chi connectivity index (χ0n) is 8.31. The molecule has 0 N–H and O–H groups in total. The third-order valence-corrected chi connectivity index (χ3v) is 2.26. The Morgan fingerprint density at radius 3 is 2.62 bits per heavy atom. The van der Waals surface area contributed by atoms with Crippen molar-refractivity contribution >= 4 is 21.9 Å². The van der Waals surface area contributed by atoms with Crippen molar-refractivity contribution in [2.24, 2.45) is 5.92 Å². The number of rotatable bonds is 5. The van der Waals surface area contributed by atoms with Crippen molar-refractivity contribution in [1.82, 2.24) is 0 Å². The van der Waals surface area contributed by atoms with Gasteiger partial charge in [0.25, 0.3) is 0 Å². The second-order valence-corrected chi connectivity index (χ2v) is 6.51. The van der Waals surface area contributed by atoms with E-state index in [2.05, 4.69) is 15.9 Å². The summed E-state index contributed by atoms with van der Waals surface area (Å²) < 4.78 is 5.00. The minimum absolute atomic E-state index is 0.0561. The Kier molecular flexibility index (Phi) is 3.77. The Morgan fingerprint density at radius 1 is 1.54 bits per heavy atom. The predicted molar refractivity (Wildman–Crippen MR) is 55.9 cm³/mol. The lowest BCUT2D eigenvalue weighted by Gasteiger charge is -2.15. The van der Waals surface area contributed by atoms with Gasteiger partial charge in [0, 0.05) is 6.42 Å². The molecule has 13 heavy (non-hydrogen) atoms. The van der Waals surface area contributed by atoms with E-state index < -0.39 is 0 Å². The molecule has 0 aromatic rings. The van der Waals surface area contributed by atoms with Crippen molar-refractivity contribution in [3.63, 3.8) is 0 Å². The van der Waals surface area contributed by atoms with Gasteiger partial charge in [0.2, 0.25) is 0 Å². The van der Waals surface area contributed by atoms with Crippen molar-refractivity contribution in [3.05, 3.63) is 0 Å². The number of alkyl halides is 1. The van der Waals surface area contributed by atoms with Crippen LogP contribution in [0.4, 0.5) is 0 Å². The Balaban J connectivity index is 2.03. The Morgan fingerprint density at radius 2 is 2.15 bits per heavy atom. The first-order chi connectivity index (χ1) is 5.97. The largest absolute Gasteiger partial charge is 0.464 e. The van der Waals surface area contributed by atoms with Crippen LogP contribution in [0.1, 0.15) is 39.5 Å². The van der Waals surface area contributed by atoms with Gasteiger partial charge in [-0.3, -0.25) is 4.79 Å². The zero-order chi connectivity index (χ0) is 9.90. The van der Waals surface area contributed by atoms with E-state index in [1.807, 2.05) is 13.8 Å². The highest BCUT2D eigenvalue weighted by atomic mass is 79.9. The van der Waals surface area contributed by atoms with Crippen molar-refractivity contribution < 1.29 is 9.53 Å². The van der Waals surface area contributed by atoms with Crippen LogP contribution < -0.4 is 0 Å². The third-order valence-electron chi connectivity index (χ3n) is 2.03. The molecule has 1 rings (SSSR count). The van der Waals surface area contributed by atoms with Crippen LogP contribution in [0.2, 0.25) is 0 Å². The predicted octanol–water partition coefficient (Wildman–Crippen LogP) is 2.89. The number of halogens is 1. The van der Waals surface area contributed by atoms with Gasteiger partial charge in [-0.25, -0.2) is 0 Å². The Hall–Kier alpha value is -0.0500. The summed E-state index contributed by atoms with van der Waals surface area (Å²) >= 11 is 3.42. The van der Waals surface area contributed by atoms with Crippen molar-refractivity contribution in [2.45, 2.75) is 43.9 Å². The van der Waals surface area contributed by atoms with Crippen LogP contribution in [-0.2, 0) is 9.53 Å². The molecule has 3 heteroatoms. The van der Waals surface area contributed by atoms with E-state index in [1.54, 1.807) is 0 Å². The molecule has 76 valence electrons. The number of carbonyl (C=O) groups excluding carboxylic acids is 1. The van der Waals surface area contributed by atoms with Gasteiger partial charge in [-0.15, -0.1) is 0 Å². The molecule has 2 nitrogen and oxygen atoms in total. The molecule has 0 bridgehead atoms. The smallest absolute Gasteiger partial charge is 0.305 e. The van der Waals surface area contributed by atoms with E-state index in [0.29, 0.717) is 13.0 Å². The lowest BCUT2D eigenvalue weighted by molar-refractivity contribution is -0.144. The van der Waals surface area contributed by atoms with Gasteiger partial charge in [-0.1, -0.05) is 28.8 Å². The summed E-state index contributed by atoms with van der Waals surface area (Å²) in [5.74, 6) is 0.754. The number of ether oxygens (including phenoxy) is 1. The molecule has 0 spiro atoms. The fourth-order valence-corrected chi connectivity index (χ4v) is 1.17. The summed E-state index contributed by atoms with van der Waals surface area (Å²) in [5, 5.41) is 0. The standard InChI is InChI=1S/C10H17BrO2/c1-10(2,11)7-13-9(12)6-5-8-3-4-8/h8H,3-7H2,1-2H3. The molecule has 0 heterocycles. The summed E-state index contributed by atoms with van der Waals surface area (Å²) in [6, 6.07) is 0. The fourth-order valence-electron chi connectivity index (χ4n) is 1.05. The molecule has 0 atom stereocenters. The Labute approximate surface area is 88.2 Å². The van der Waals surface area contributed by atoms with E-state index in [4.69, 9.17) is 4.74 Å². The van der Waals surface area contributed by atoms with Crippen molar-refractivity contribution in [2.75, 3.05) is 6.61 Å². The van der Waals surface area contributed by atoms with Crippen LogP contribution >= 0.6 is 15.9 Å². The molecule has 0 saturated heterocycles. The van der Waals surface area contributed by atoms with Gasteiger partial charge >= 0.3 is 5.97 Å². The fraction of sp³-hybridized carbons (Fsp3) is 0.900. The number of carbonyl (C=O) groups is 1. The van der Waals surface area contributed by atoms with E-state index >= 15 is 0 Å². The minimum atomic E-state index is -0.0950. The molecule has 0 radical (unpaired) electrons. The highest BCUT2D eigenvalue weighted by Gasteiger charge is 2.23. The van der Waals surface area contributed by atoms with Crippen molar-refractivity contribution in [3.8, 4) is 0 Å². The van der Waals surface area contributed by atoms with Gasteiger partial charge < -0.3 is 4.74 Å². The van der Waals surface area contributed by atoms with Crippen LogP contribution in [0.3, 0.4) is 0 Å². The van der Waals surface area contributed by atoms with Crippen molar-refractivity contribution in [1.29, 1.82) is 0 Å². The highest BCUT2D eigenvalue weighted by Crippen LogP contribution is 2.33. The molecule has 0 aromatic heterocycles. The second-order valence-electron chi connectivity index (χ2n) is 4.36. The normalized spacial score (nSPS) is 17.2. The monoisotopic (exact) mass is 248 g/mol. The summed E-state index contributed by atoms with van der Waals surface area (Å²) in [7, 11) is 0. The average Bonchev–Trinajstić information content (AvgIpc) is 2.78. The number of esters is 1. The summed E-state index contributed by atoms with van der Waals surface area (Å²) in [6.07, 6.45) is 4.21. The highest BCUT2D eigenvalue weighted by molar-refractivity contribution is 9.10. The van der Waals surface area contributed by atoms with E-state index in [0.717, 1.165) is 12.3 Å². The summed E-state index contributed by atoms with van der Waals surface area (Å²) in [5.41, 5.74) is 0. The molecule has 1 aliphatic rings. The molecule has 1 fully saturated rings. The quantitative estimate of drug-likeness (QED) is 0.553. The Bertz CT molecular complexity index is 180. The maximum Gasteiger partial charge on any atom is 0.305 e. The number of hydrogen-bond acceptors (Lipinski definition) is 2. The van der Waals surface area contributed by atoms with Crippen LogP contribution in [0.15, 0.2) is 0 Å². The third kappa shape index (κ3) is 6.08. The maximum absolute atomic E-state index is 11.2.